The molecule has 2 aliphatic heterocycles. The Morgan fingerprint density at radius 1 is 1.07 bits per heavy atom. The number of methoxy groups -OCH3 is 3. The second kappa shape index (κ2) is 7.17. The highest BCUT2D eigenvalue weighted by Crippen LogP contribution is 2.51. The summed E-state index contributed by atoms with van der Waals surface area (Å²) in [6, 6.07) is 8.86. The molecular weight excluding hydrogens is 390 g/mol. The van der Waals surface area contributed by atoms with Gasteiger partial charge in [0, 0.05) is 22.2 Å². The van der Waals surface area contributed by atoms with Gasteiger partial charge in [0.1, 0.15) is 0 Å². The van der Waals surface area contributed by atoms with Gasteiger partial charge in [0.25, 0.3) is 11.9 Å². The maximum Gasteiger partial charge on any atom is 0.256 e. The van der Waals surface area contributed by atoms with Gasteiger partial charge in [0.2, 0.25) is 5.75 Å². The lowest BCUT2D eigenvalue weighted by atomic mass is 9.78. The number of rotatable bonds is 5. The maximum absolute atomic E-state index is 13.1. The van der Waals surface area contributed by atoms with Crippen molar-refractivity contribution in [3.63, 3.8) is 0 Å². The highest BCUT2D eigenvalue weighted by molar-refractivity contribution is 6.07. The molecule has 9 heteroatoms. The first-order chi connectivity index (χ1) is 14.4. The van der Waals surface area contributed by atoms with Crippen LogP contribution in [-0.2, 0) is 10.3 Å². The molecule has 9 nitrogen and oxygen atoms in total. The van der Waals surface area contributed by atoms with Crippen LogP contribution in [0.3, 0.4) is 0 Å². The first-order valence-electron chi connectivity index (χ1n) is 9.51. The number of nitrogens with zero attached hydrogens (tertiary/aromatic N) is 1. The van der Waals surface area contributed by atoms with Crippen LogP contribution in [-0.4, -0.2) is 44.2 Å². The number of ether oxygens (including phenoxy) is 3. The number of nitrogens with one attached hydrogen (secondary N) is 2. The zero-order chi connectivity index (χ0) is 21.6. The molecule has 30 heavy (non-hydrogen) atoms. The van der Waals surface area contributed by atoms with E-state index in [4.69, 9.17) is 14.2 Å². The summed E-state index contributed by atoms with van der Waals surface area (Å²) in [5, 5.41) is 18.4. The fraction of sp³-hybridized carbons (Fsp3) is 0.381. The van der Waals surface area contributed by atoms with Gasteiger partial charge >= 0.3 is 0 Å². The molecule has 0 unspecified atom stereocenters. The summed E-state index contributed by atoms with van der Waals surface area (Å²) in [4.78, 5) is 25.1. The number of anilines is 1. The lowest BCUT2D eigenvalue weighted by Crippen LogP contribution is -2.54. The third-order valence-corrected chi connectivity index (χ3v) is 6.04. The molecule has 0 aromatic heterocycles. The van der Waals surface area contributed by atoms with E-state index in [2.05, 4.69) is 10.6 Å². The topological polar surface area (TPSA) is 112 Å². The van der Waals surface area contributed by atoms with E-state index in [0.29, 0.717) is 34.1 Å². The van der Waals surface area contributed by atoms with E-state index in [-0.39, 0.29) is 11.0 Å². The fourth-order valence-corrected chi connectivity index (χ4v) is 4.85. The predicted octanol–water partition coefficient (Wildman–Crippen LogP) is 2.28. The van der Waals surface area contributed by atoms with E-state index in [1.54, 1.807) is 36.4 Å². The van der Waals surface area contributed by atoms with Crippen molar-refractivity contribution >= 4 is 11.6 Å². The van der Waals surface area contributed by atoms with Crippen molar-refractivity contribution in [1.29, 1.82) is 0 Å². The highest BCUT2D eigenvalue weighted by Gasteiger charge is 2.67. The molecule has 2 aliphatic rings. The lowest BCUT2D eigenvalue weighted by Gasteiger charge is -2.25. The minimum absolute atomic E-state index is 0.369. The van der Waals surface area contributed by atoms with Crippen molar-refractivity contribution in [2.45, 2.75) is 30.5 Å². The zero-order valence-electron chi connectivity index (χ0n) is 17.1. The van der Waals surface area contributed by atoms with Crippen LogP contribution in [0.4, 0.5) is 5.69 Å². The second-order valence-corrected chi connectivity index (χ2v) is 7.46. The smallest absolute Gasteiger partial charge is 0.256 e. The molecule has 1 amide bonds. The molecule has 158 valence electrons. The summed E-state index contributed by atoms with van der Waals surface area (Å²) in [6.45, 7) is 1.84. The normalized spacial score (nSPS) is 26.9. The van der Waals surface area contributed by atoms with E-state index in [1.807, 2.05) is 6.92 Å². The summed E-state index contributed by atoms with van der Waals surface area (Å²) in [7, 11) is 4.48. The van der Waals surface area contributed by atoms with Crippen molar-refractivity contribution in [2.75, 3.05) is 26.6 Å². The summed E-state index contributed by atoms with van der Waals surface area (Å²) in [5.41, 5.74) is 0.322. The Morgan fingerprint density at radius 2 is 1.70 bits per heavy atom. The van der Waals surface area contributed by atoms with Crippen molar-refractivity contribution < 1.29 is 23.9 Å². The van der Waals surface area contributed by atoms with Gasteiger partial charge in [-0.25, -0.2) is 0 Å². The van der Waals surface area contributed by atoms with E-state index in [9.17, 15) is 14.9 Å². The lowest BCUT2D eigenvalue weighted by molar-refractivity contribution is -0.532. The van der Waals surface area contributed by atoms with Crippen LogP contribution in [0.15, 0.2) is 36.4 Å². The van der Waals surface area contributed by atoms with Crippen LogP contribution in [0, 0.1) is 10.1 Å². The largest absolute Gasteiger partial charge is 0.493 e. The van der Waals surface area contributed by atoms with E-state index in [0.717, 1.165) is 0 Å². The number of nitro groups is 1. The number of carbonyl (C=O) groups is 1. The molecule has 2 aromatic rings. The Balaban J connectivity index is 1.91. The summed E-state index contributed by atoms with van der Waals surface area (Å²) in [5.74, 6) is 0.160. The SMILES string of the molecule is COc1cc([C@@H]2[C@H](C)N[C@]3(C(=O)Nc4ccccc43)[C@H]2[N+](=O)[O-])cc(OC)c1OC. The number of para-hydroxylation sites is 1. The summed E-state index contributed by atoms with van der Waals surface area (Å²) >= 11 is 0. The monoisotopic (exact) mass is 413 g/mol. The number of carbonyl (C=O) groups excluding carboxylic acids is 1. The fourth-order valence-electron chi connectivity index (χ4n) is 4.85. The molecule has 4 rings (SSSR count). The van der Waals surface area contributed by atoms with Crippen LogP contribution >= 0.6 is 0 Å². The van der Waals surface area contributed by atoms with Crippen LogP contribution in [0.2, 0.25) is 0 Å². The number of fused-ring (bicyclic) bond motifs is 2. The van der Waals surface area contributed by atoms with Gasteiger partial charge in [-0.2, -0.15) is 0 Å². The Morgan fingerprint density at radius 3 is 2.27 bits per heavy atom. The van der Waals surface area contributed by atoms with Gasteiger partial charge in [0.05, 0.1) is 27.2 Å². The maximum atomic E-state index is 13.1. The Bertz CT molecular complexity index is 1000. The molecule has 2 N–H and O–H groups in total. The molecular formula is C21H23N3O6. The molecule has 0 saturated carbocycles. The number of hydrogen-bond donors (Lipinski definition) is 2. The zero-order valence-corrected chi connectivity index (χ0v) is 17.1. The van der Waals surface area contributed by atoms with Crippen molar-refractivity contribution in [3.05, 3.63) is 57.6 Å². The van der Waals surface area contributed by atoms with Crippen LogP contribution in [0.5, 0.6) is 17.2 Å². The number of benzene rings is 2. The minimum atomic E-state index is -1.47. The first kappa shape index (κ1) is 20.0. The Hall–Kier alpha value is -3.33. The van der Waals surface area contributed by atoms with Crippen molar-refractivity contribution in [1.82, 2.24) is 5.32 Å². The standard InChI is InChI=1S/C21H23N3O6/c1-11-17(12-9-15(28-2)18(30-4)16(10-12)29-3)19(24(26)27)21(23-11)13-7-5-6-8-14(13)22-20(21)25/h5-11,17,19,23H,1-4H3,(H,22,25)/t11-,17-,19-,21-/m0/s1. The minimum Gasteiger partial charge on any atom is -0.493 e. The van der Waals surface area contributed by atoms with Gasteiger partial charge in [-0.1, -0.05) is 18.2 Å². The van der Waals surface area contributed by atoms with Gasteiger partial charge in [-0.05, 0) is 30.7 Å². The van der Waals surface area contributed by atoms with E-state index >= 15 is 0 Å². The molecule has 2 heterocycles. The summed E-state index contributed by atoms with van der Waals surface area (Å²) in [6.07, 6.45) is 0. The molecule has 1 saturated heterocycles. The molecule has 1 fully saturated rings. The average Bonchev–Trinajstić information content (AvgIpc) is 3.21. The Kier molecular flexibility index (Phi) is 4.77. The molecule has 0 radical (unpaired) electrons. The van der Waals surface area contributed by atoms with Crippen molar-refractivity contribution in [2.24, 2.45) is 0 Å². The molecule has 4 atom stereocenters. The molecule has 0 bridgehead atoms. The van der Waals surface area contributed by atoms with Crippen LogP contribution in [0.25, 0.3) is 0 Å². The molecule has 0 aliphatic carbocycles. The van der Waals surface area contributed by atoms with Crippen molar-refractivity contribution in [3.8, 4) is 17.2 Å². The predicted molar refractivity (Wildman–Crippen MR) is 109 cm³/mol. The molecule has 1 spiro atoms. The quantitative estimate of drug-likeness (QED) is 0.571. The first-order valence-corrected chi connectivity index (χ1v) is 9.51. The third kappa shape index (κ3) is 2.62. The highest BCUT2D eigenvalue weighted by atomic mass is 16.6. The van der Waals surface area contributed by atoms with E-state index in [1.165, 1.54) is 21.3 Å². The Labute approximate surface area is 173 Å². The number of amides is 1. The van der Waals surface area contributed by atoms with Gasteiger partial charge in [0.15, 0.2) is 17.0 Å². The van der Waals surface area contributed by atoms with Gasteiger partial charge < -0.3 is 19.5 Å². The second-order valence-electron chi connectivity index (χ2n) is 7.46. The van der Waals surface area contributed by atoms with Gasteiger partial charge in [-0.15, -0.1) is 0 Å². The summed E-state index contributed by atoms with van der Waals surface area (Å²) < 4.78 is 16.2. The third-order valence-electron chi connectivity index (χ3n) is 6.04. The average molecular weight is 413 g/mol. The van der Waals surface area contributed by atoms with Crippen LogP contribution in [0.1, 0.15) is 24.0 Å². The van der Waals surface area contributed by atoms with Crippen LogP contribution < -0.4 is 24.8 Å². The molecule has 2 aromatic carbocycles. The van der Waals surface area contributed by atoms with Gasteiger partial charge in [-0.3, -0.25) is 20.2 Å². The van der Waals surface area contributed by atoms with E-state index < -0.39 is 23.4 Å². The number of hydrogen-bond acceptors (Lipinski definition) is 7.